The number of hydrazone groups is 1. The number of nitrogens with two attached hydrogens (primary N) is 2. The van der Waals surface area contributed by atoms with Gasteiger partial charge in [0, 0.05) is 43.7 Å². The van der Waals surface area contributed by atoms with Gasteiger partial charge in [-0.2, -0.15) is 5.10 Å². The summed E-state index contributed by atoms with van der Waals surface area (Å²) in [6, 6.07) is 7.03. The molecule has 1 aliphatic rings. The number of nitrogens with zero attached hydrogens (tertiary/aromatic N) is 5. The third kappa shape index (κ3) is 3.60. The number of aromatic nitrogens is 3. The van der Waals surface area contributed by atoms with E-state index in [1.165, 1.54) is 11.1 Å². The van der Waals surface area contributed by atoms with E-state index in [1.54, 1.807) is 24.4 Å². The number of piperidine rings is 1. The fourth-order valence-corrected chi connectivity index (χ4v) is 3.31. The minimum atomic E-state index is -2.69. The first-order valence-electron chi connectivity index (χ1n) is 9.02. The first-order valence-corrected chi connectivity index (χ1v) is 9.02. The Balaban J connectivity index is 1.58. The van der Waals surface area contributed by atoms with E-state index in [0.717, 1.165) is 11.1 Å². The molecule has 0 spiro atoms. The molecule has 4 heterocycles. The lowest BCUT2D eigenvalue weighted by Crippen LogP contribution is -2.42. The highest BCUT2D eigenvalue weighted by molar-refractivity contribution is 5.97. The lowest BCUT2D eigenvalue weighted by Gasteiger charge is -2.31. The van der Waals surface area contributed by atoms with Gasteiger partial charge in [0.15, 0.2) is 5.84 Å². The molecule has 0 unspecified atom stereocenters. The molecule has 29 heavy (non-hydrogen) atoms. The number of hydrogen-bond acceptors (Lipinski definition) is 5. The van der Waals surface area contributed by atoms with Crippen molar-refractivity contribution in [3.8, 4) is 5.69 Å². The topological polar surface area (TPSA) is 115 Å². The number of hydrogen-bond donors (Lipinski definition) is 2. The van der Waals surface area contributed by atoms with Crippen LogP contribution >= 0.6 is 0 Å². The highest BCUT2D eigenvalue weighted by atomic mass is 19.3. The second kappa shape index (κ2) is 7.12. The summed E-state index contributed by atoms with van der Waals surface area (Å²) in [4.78, 5) is 22.7. The molecule has 150 valence electrons. The molecular formula is C19H19F2N7O. The van der Waals surface area contributed by atoms with Crippen molar-refractivity contribution in [1.82, 2.24) is 19.4 Å². The van der Waals surface area contributed by atoms with Gasteiger partial charge in [0.25, 0.3) is 11.8 Å². The number of pyridine rings is 2. The predicted molar refractivity (Wildman–Crippen MR) is 104 cm³/mol. The molecule has 8 nitrogen and oxygen atoms in total. The molecule has 1 amide bonds. The third-order valence-corrected chi connectivity index (χ3v) is 4.98. The SMILES string of the molecule is NN=C(N)c1ccc(-n2ccc3cc(C(=O)N4CCC(F)(F)CC4)cnc32)cn1. The number of likely N-dealkylation sites (tertiary alicyclic amines) is 1. The summed E-state index contributed by atoms with van der Waals surface area (Å²) >= 11 is 0. The van der Waals surface area contributed by atoms with Crippen LogP contribution in [0.15, 0.2) is 48.0 Å². The van der Waals surface area contributed by atoms with Crippen molar-refractivity contribution in [2.24, 2.45) is 16.7 Å². The molecule has 0 atom stereocenters. The van der Waals surface area contributed by atoms with Crippen LogP contribution < -0.4 is 11.6 Å². The van der Waals surface area contributed by atoms with Crippen LogP contribution in [-0.2, 0) is 0 Å². The van der Waals surface area contributed by atoms with Crippen molar-refractivity contribution < 1.29 is 13.6 Å². The zero-order valence-corrected chi connectivity index (χ0v) is 15.4. The summed E-state index contributed by atoms with van der Waals surface area (Å²) in [5.74, 6) is 2.31. The van der Waals surface area contributed by atoms with Gasteiger partial charge in [-0.3, -0.25) is 14.3 Å². The normalized spacial score (nSPS) is 16.9. The maximum absolute atomic E-state index is 13.3. The second-order valence-corrected chi connectivity index (χ2v) is 6.89. The number of halogens is 2. The van der Waals surface area contributed by atoms with Gasteiger partial charge in [-0.1, -0.05) is 0 Å². The van der Waals surface area contributed by atoms with Crippen LogP contribution in [0.25, 0.3) is 16.7 Å². The lowest BCUT2D eigenvalue weighted by molar-refractivity contribution is -0.0494. The molecule has 1 aliphatic heterocycles. The van der Waals surface area contributed by atoms with Crippen LogP contribution in [0.4, 0.5) is 8.78 Å². The predicted octanol–water partition coefficient (Wildman–Crippen LogP) is 1.87. The molecule has 0 aromatic carbocycles. The summed E-state index contributed by atoms with van der Waals surface area (Å²) < 4.78 is 28.5. The van der Waals surface area contributed by atoms with Gasteiger partial charge >= 0.3 is 0 Å². The number of fused-ring (bicyclic) bond motifs is 1. The average molecular weight is 399 g/mol. The van der Waals surface area contributed by atoms with Gasteiger partial charge in [-0.15, -0.1) is 0 Å². The van der Waals surface area contributed by atoms with Crippen molar-refractivity contribution in [1.29, 1.82) is 0 Å². The first-order chi connectivity index (χ1) is 13.9. The molecule has 0 radical (unpaired) electrons. The van der Waals surface area contributed by atoms with Crippen LogP contribution in [0.1, 0.15) is 28.9 Å². The molecule has 1 saturated heterocycles. The first kappa shape index (κ1) is 18.8. The van der Waals surface area contributed by atoms with E-state index in [0.29, 0.717) is 16.9 Å². The maximum Gasteiger partial charge on any atom is 0.255 e. The summed E-state index contributed by atoms with van der Waals surface area (Å²) in [6.45, 7) is 0.0796. The zero-order chi connectivity index (χ0) is 20.6. The van der Waals surface area contributed by atoms with Gasteiger partial charge in [-0.05, 0) is 24.3 Å². The Kier molecular flexibility index (Phi) is 4.61. The Morgan fingerprint density at radius 2 is 1.90 bits per heavy atom. The third-order valence-electron chi connectivity index (χ3n) is 4.98. The number of carbonyl (C=O) groups is 1. The van der Waals surface area contributed by atoms with Crippen LogP contribution in [-0.4, -0.2) is 50.2 Å². The lowest BCUT2D eigenvalue weighted by atomic mass is 10.1. The number of rotatable bonds is 3. The summed E-state index contributed by atoms with van der Waals surface area (Å²) in [5.41, 5.74) is 7.86. The quantitative estimate of drug-likeness (QED) is 0.302. The zero-order valence-electron chi connectivity index (χ0n) is 15.4. The van der Waals surface area contributed by atoms with E-state index < -0.39 is 5.92 Å². The van der Waals surface area contributed by atoms with E-state index in [9.17, 15) is 13.6 Å². The molecule has 3 aromatic heterocycles. The molecule has 0 aliphatic carbocycles. The van der Waals surface area contributed by atoms with E-state index in [2.05, 4.69) is 15.1 Å². The van der Waals surface area contributed by atoms with Crippen molar-refractivity contribution in [2.75, 3.05) is 13.1 Å². The van der Waals surface area contributed by atoms with E-state index in [1.807, 2.05) is 16.8 Å². The fourth-order valence-electron chi connectivity index (χ4n) is 3.31. The fraction of sp³-hybridized carbons (Fsp3) is 0.263. The molecular weight excluding hydrogens is 380 g/mol. The smallest absolute Gasteiger partial charge is 0.255 e. The minimum absolute atomic E-state index is 0.0398. The Bertz CT molecular complexity index is 1080. The monoisotopic (exact) mass is 399 g/mol. The summed E-state index contributed by atoms with van der Waals surface area (Å²) in [6.07, 6.45) is 4.26. The molecule has 3 aromatic rings. The maximum atomic E-state index is 13.3. The molecule has 4 N–H and O–H groups in total. The Hall–Kier alpha value is -3.56. The number of carbonyl (C=O) groups excluding carboxylic acids is 1. The Labute approximate surface area is 164 Å². The Morgan fingerprint density at radius 3 is 2.55 bits per heavy atom. The number of amidine groups is 1. The van der Waals surface area contributed by atoms with Gasteiger partial charge in [0.05, 0.1) is 17.4 Å². The van der Waals surface area contributed by atoms with Crippen molar-refractivity contribution >= 4 is 22.8 Å². The number of amides is 1. The van der Waals surface area contributed by atoms with E-state index in [-0.39, 0.29) is 37.7 Å². The van der Waals surface area contributed by atoms with E-state index in [4.69, 9.17) is 11.6 Å². The highest BCUT2D eigenvalue weighted by Gasteiger charge is 2.35. The van der Waals surface area contributed by atoms with Crippen LogP contribution in [0.5, 0.6) is 0 Å². The summed E-state index contributed by atoms with van der Waals surface area (Å²) in [7, 11) is 0. The van der Waals surface area contributed by atoms with Gasteiger partial charge < -0.3 is 16.5 Å². The molecule has 1 fully saturated rings. The summed E-state index contributed by atoms with van der Waals surface area (Å²) in [5, 5.41) is 4.16. The van der Waals surface area contributed by atoms with Crippen LogP contribution in [0, 0.1) is 0 Å². The molecule has 4 rings (SSSR count). The van der Waals surface area contributed by atoms with Crippen molar-refractivity contribution in [2.45, 2.75) is 18.8 Å². The standard InChI is InChI=1S/C19H19F2N7O/c20-19(21)4-7-27(8-5-19)18(29)13-9-12-3-6-28(17(12)25-10-13)14-1-2-15(24-11-14)16(22)26-23/h1-3,6,9-11H,4-5,7-8,23H2,(H2,22,26). The highest BCUT2D eigenvalue weighted by Crippen LogP contribution is 2.28. The molecule has 0 bridgehead atoms. The molecule has 0 saturated carbocycles. The van der Waals surface area contributed by atoms with Gasteiger partial charge in [0.1, 0.15) is 11.3 Å². The van der Waals surface area contributed by atoms with Crippen LogP contribution in [0.2, 0.25) is 0 Å². The largest absolute Gasteiger partial charge is 0.380 e. The van der Waals surface area contributed by atoms with Crippen molar-refractivity contribution in [3.63, 3.8) is 0 Å². The minimum Gasteiger partial charge on any atom is -0.380 e. The van der Waals surface area contributed by atoms with Crippen molar-refractivity contribution in [3.05, 3.63) is 54.1 Å². The average Bonchev–Trinajstić information content (AvgIpc) is 3.16. The van der Waals surface area contributed by atoms with Crippen LogP contribution in [0.3, 0.4) is 0 Å². The second-order valence-electron chi connectivity index (χ2n) is 6.89. The molecule has 10 heteroatoms. The Morgan fingerprint density at radius 1 is 1.14 bits per heavy atom. The van der Waals surface area contributed by atoms with Gasteiger partial charge in [0.2, 0.25) is 0 Å². The van der Waals surface area contributed by atoms with E-state index >= 15 is 0 Å². The number of alkyl halides is 2. The van der Waals surface area contributed by atoms with Gasteiger partial charge in [-0.25, -0.2) is 13.8 Å².